The number of carbonyl (C=O) groups is 1. The second-order valence-electron chi connectivity index (χ2n) is 6.53. The number of aryl methyl sites for hydroxylation is 2. The summed E-state index contributed by atoms with van der Waals surface area (Å²) in [4.78, 5) is 14.4. The predicted octanol–water partition coefficient (Wildman–Crippen LogP) is 4.37. The van der Waals surface area contributed by atoms with E-state index in [2.05, 4.69) is 22.3 Å². The Hall–Kier alpha value is -2.20. The number of hydrogen-bond donors (Lipinski definition) is 1. The van der Waals surface area contributed by atoms with E-state index in [-0.39, 0.29) is 5.91 Å². The molecule has 0 radical (unpaired) electrons. The third-order valence-corrected chi connectivity index (χ3v) is 4.85. The average molecular weight is 375 g/mol. The smallest absolute Gasteiger partial charge is 0.260 e. The molecule has 2 aromatic carbocycles. The Kier molecular flexibility index (Phi) is 7.34. The topological polar surface area (TPSA) is 41.6 Å². The van der Waals surface area contributed by atoms with Crippen LogP contribution >= 0.6 is 11.6 Å². The molecule has 1 atom stereocenters. The van der Waals surface area contributed by atoms with E-state index in [9.17, 15) is 4.79 Å². The van der Waals surface area contributed by atoms with E-state index in [1.807, 2.05) is 51.2 Å². The fourth-order valence-electron chi connectivity index (χ4n) is 2.71. The Morgan fingerprint density at radius 2 is 1.81 bits per heavy atom. The summed E-state index contributed by atoms with van der Waals surface area (Å²) in [6.45, 7) is 7.09. The van der Waals surface area contributed by atoms with Gasteiger partial charge < -0.3 is 15.0 Å². The van der Waals surface area contributed by atoms with Gasteiger partial charge in [0.2, 0.25) is 0 Å². The SMILES string of the molecule is Cc1cc(O[C@H](C)C(=O)NCCCN(C)c2ccccc2)cc(C)c1Cl. The number of para-hydroxylation sites is 1. The van der Waals surface area contributed by atoms with E-state index in [1.165, 1.54) is 5.69 Å². The number of rotatable bonds is 8. The Morgan fingerprint density at radius 1 is 1.19 bits per heavy atom. The van der Waals surface area contributed by atoms with Gasteiger partial charge in [0, 0.05) is 30.8 Å². The molecule has 0 aromatic heterocycles. The fourth-order valence-corrected chi connectivity index (χ4v) is 2.82. The lowest BCUT2D eigenvalue weighted by Gasteiger charge is -2.20. The lowest BCUT2D eigenvalue weighted by molar-refractivity contribution is -0.127. The number of amides is 1. The minimum Gasteiger partial charge on any atom is -0.481 e. The third-order valence-electron chi connectivity index (χ3n) is 4.26. The third kappa shape index (κ3) is 5.67. The molecule has 1 N–H and O–H groups in total. The van der Waals surface area contributed by atoms with Crippen LogP contribution in [0.5, 0.6) is 5.75 Å². The highest BCUT2D eigenvalue weighted by Gasteiger charge is 2.15. The maximum Gasteiger partial charge on any atom is 0.260 e. The number of anilines is 1. The summed E-state index contributed by atoms with van der Waals surface area (Å²) in [5.41, 5.74) is 3.06. The van der Waals surface area contributed by atoms with Gasteiger partial charge in [-0.2, -0.15) is 0 Å². The number of nitrogens with zero attached hydrogens (tertiary/aromatic N) is 1. The van der Waals surface area contributed by atoms with E-state index >= 15 is 0 Å². The van der Waals surface area contributed by atoms with E-state index in [1.54, 1.807) is 6.92 Å². The summed E-state index contributed by atoms with van der Waals surface area (Å²) in [6, 6.07) is 13.9. The van der Waals surface area contributed by atoms with Crippen LogP contribution in [0.4, 0.5) is 5.69 Å². The molecular weight excluding hydrogens is 348 g/mol. The van der Waals surface area contributed by atoms with Gasteiger partial charge in [0.1, 0.15) is 5.75 Å². The molecule has 0 saturated carbocycles. The Morgan fingerprint density at radius 3 is 2.42 bits per heavy atom. The van der Waals surface area contributed by atoms with E-state index in [0.717, 1.165) is 29.1 Å². The van der Waals surface area contributed by atoms with Crippen molar-refractivity contribution in [3.8, 4) is 5.75 Å². The maximum absolute atomic E-state index is 12.2. The molecule has 5 heteroatoms. The van der Waals surface area contributed by atoms with Crippen molar-refractivity contribution in [3.05, 3.63) is 58.6 Å². The van der Waals surface area contributed by atoms with Crippen LogP contribution < -0.4 is 15.0 Å². The van der Waals surface area contributed by atoms with Gasteiger partial charge in [0.05, 0.1) is 0 Å². The van der Waals surface area contributed by atoms with Gasteiger partial charge in [-0.1, -0.05) is 29.8 Å². The molecule has 0 fully saturated rings. The van der Waals surface area contributed by atoms with Crippen LogP contribution in [0.3, 0.4) is 0 Å². The number of ether oxygens (including phenoxy) is 1. The number of nitrogens with one attached hydrogen (secondary N) is 1. The second-order valence-corrected chi connectivity index (χ2v) is 6.91. The summed E-state index contributed by atoms with van der Waals surface area (Å²) in [5, 5.41) is 3.67. The number of hydrogen-bond acceptors (Lipinski definition) is 3. The summed E-state index contributed by atoms with van der Waals surface area (Å²) in [7, 11) is 2.05. The highest BCUT2D eigenvalue weighted by atomic mass is 35.5. The van der Waals surface area contributed by atoms with Gasteiger partial charge in [-0.15, -0.1) is 0 Å². The molecule has 140 valence electrons. The quantitative estimate of drug-likeness (QED) is 0.698. The standard InChI is InChI=1S/C21H27ClN2O2/c1-15-13-19(14-16(2)20(15)22)26-17(3)21(25)23-11-8-12-24(4)18-9-6-5-7-10-18/h5-7,9-10,13-14,17H,8,11-12H2,1-4H3,(H,23,25)/t17-/m1/s1. The van der Waals surface area contributed by atoms with Crippen molar-refractivity contribution in [2.75, 3.05) is 25.0 Å². The van der Waals surface area contributed by atoms with Crippen molar-refractivity contribution in [1.82, 2.24) is 5.32 Å². The number of carbonyl (C=O) groups excluding carboxylic acids is 1. The van der Waals surface area contributed by atoms with Crippen LogP contribution in [0.25, 0.3) is 0 Å². The van der Waals surface area contributed by atoms with Gasteiger partial charge >= 0.3 is 0 Å². The van der Waals surface area contributed by atoms with Crippen LogP contribution in [0.1, 0.15) is 24.5 Å². The molecule has 0 unspecified atom stereocenters. The van der Waals surface area contributed by atoms with E-state index < -0.39 is 6.10 Å². The van der Waals surface area contributed by atoms with Crippen LogP contribution in [0, 0.1) is 13.8 Å². The number of benzene rings is 2. The molecule has 2 aromatic rings. The molecule has 0 bridgehead atoms. The molecular formula is C21H27ClN2O2. The van der Waals surface area contributed by atoms with Gasteiger partial charge in [0.15, 0.2) is 6.10 Å². The molecule has 0 aliphatic rings. The van der Waals surface area contributed by atoms with Crippen molar-refractivity contribution in [2.45, 2.75) is 33.3 Å². The molecule has 0 spiro atoms. The lowest BCUT2D eigenvalue weighted by Crippen LogP contribution is -2.37. The van der Waals surface area contributed by atoms with Crippen molar-refractivity contribution in [1.29, 1.82) is 0 Å². The zero-order valence-electron chi connectivity index (χ0n) is 15.9. The average Bonchev–Trinajstić information content (AvgIpc) is 2.63. The van der Waals surface area contributed by atoms with Gasteiger partial charge in [-0.3, -0.25) is 4.79 Å². The molecule has 26 heavy (non-hydrogen) atoms. The van der Waals surface area contributed by atoms with Crippen molar-refractivity contribution < 1.29 is 9.53 Å². The van der Waals surface area contributed by atoms with Crippen molar-refractivity contribution in [2.24, 2.45) is 0 Å². The summed E-state index contributed by atoms with van der Waals surface area (Å²) in [5.74, 6) is 0.550. The minimum absolute atomic E-state index is 0.113. The molecule has 4 nitrogen and oxygen atoms in total. The second kappa shape index (κ2) is 9.48. The lowest BCUT2D eigenvalue weighted by atomic mass is 10.1. The van der Waals surface area contributed by atoms with Gasteiger partial charge in [-0.05, 0) is 62.6 Å². The zero-order valence-corrected chi connectivity index (χ0v) is 16.6. The zero-order chi connectivity index (χ0) is 19.1. The van der Waals surface area contributed by atoms with Crippen molar-refractivity contribution >= 4 is 23.2 Å². The maximum atomic E-state index is 12.2. The molecule has 1 amide bonds. The fraction of sp³-hybridized carbons (Fsp3) is 0.381. The Labute approximate surface area is 161 Å². The van der Waals surface area contributed by atoms with Gasteiger partial charge in [0.25, 0.3) is 5.91 Å². The molecule has 0 heterocycles. The summed E-state index contributed by atoms with van der Waals surface area (Å²) < 4.78 is 5.76. The highest BCUT2D eigenvalue weighted by molar-refractivity contribution is 6.32. The first-order chi connectivity index (χ1) is 12.4. The van der Waals surface area contributed by atoms with Crippen LogP contribution in [-0.2, 0) is 4.79 Å². The van der Waals surface area contributed by atoms with Crippen LogP contribution in [-0.4, -0.2) is 32.1 Å². The first-order valence-corrected chi connectivity index (χ1v) is 9.23. The normalized spacial score (nSPS) is 11.7. The van der Waals surface area contributed by atoms with Crippen molar-refractivity contribution in [3.63, 3.8) is 0 Å². The molecule has 0 aliphatic heterocycles. The number of halogens is 1. The largest absolute Gasteiger partial charge is 0.481 e. The first-order valence-electron chi connectivity index (χ1n) is 8.85. The monoisotopic (exact) mass is 374 g/mol. The first kappa shape index (κ1) is 20.1. The Balaban J connectivity index is 1.75. The summed E-state index contributed by atoms with van der Waals surface area (Å²) in [6.07, 6.45) is 0.310. The molecule has 2 rings (SSSR count). The molecule has 0 aliphatic carbocycles. The predicted molar refractivity (Wildman–Crippen MR) is 108 cm³/mol. The highest BCUT2D eigenvalue weighted by Crippen LogP contribution is 2.26. The Bertz CT molecular complexity index is 711. The van der Waals surface area contributed by atoms with E-state index in [4.69, 9.17) is 16.3 Å². The van der Waals surface area contributed by atoms with Crippen LogP contribution in [0.15, 0.2) is 42.5 Å². The van der Waals surface area contributed by atoms with Gasteiger partial charge in [-0.25, -0.2) is 0 Å². The van der Waals surface area contributed by atoms with E-state index in [0.29, 0.717) is 12.3 Å². The molecule has 0 saturated heterocycles. The minimum atomic E-state index is -0.554. The summed E-state index contributed by atoms with van der Waals surface area (Å²) >= 11 is 6.16. The van der Waals surface area contributed by atoms with Crippen LogP contribution in [0.2, 0.25) is 5.02 Å².